The van der Waals surface area contributed by atoms with Gasteiger partial charge in [0.25, 0.3) is 5.91 Å². The third-order valence-electron chi connectivity index (χ3n) is 4.31. The Morgan fingerprint density at radius 3 is 2.68 bits per heavy atom. The van der Waals surface area contributed by atoms with Crippen molar-refractivity contribution in [1.82, 2.24) is 14.8 Å². The number of nitrogen functional groups attached to an aromatic ring is 1. The third-order valence-corrected chi connectivity index (χ3v) is 4.99. The van der Waals surface area contributed by atoms with Gasteiger partial charge in [-0.25, -0.2) is 4.98 Å². The highest BCUT2D eigenvalue weighted by molar-refractivity contribution is 7.13. The molecule has 25 heavy (non-hydrogen) atoms. The van der Waals surface area contributed by atoms with E-state index in [1.165, 1.54) is 11.3 Å². The lowest BCUT2D eigenvalue weighted by molar-refractivity contribution is -0.130. The van der Waals surface area contributed by atoms with Crippen LogP contribution in [-0.4, -0.2) is 52.8 Å². The van der Waals surface area contributed by atoms with Crippen LogP contribution in [0.3, 0.4) is 0 Å². The van der Waals surface area contributed by atoms with E-state index in [0.717, 1.165) is 17.5 Å². The number of nitrogens with two attached hydrogens (primary N) is 1. The molecule has 7 heteroatoms. The monoisotopic (exact) mass is 358 g/mol. The van der Waals surface area contributed by atoms with E-state index in [2.05, 4.69) is 4.98 Å². The van der Waals surface area contributed by atoms with Gasteiger partial charge < -0.3 is 15.5 Å². The second-order valence-electron chi connectivity index (χ2n) is 6.26. The molecule has 132 valence electrons. The number of hydrogen-bond acceptors (Lipinski definition) is 5. The van der Waals surface area contributed by atoms with E-state index in [0.29, 0.717) is 43.4 Å². The lowest BCUT2D eigenvalue weighted by Crippen LogP contribution is -2.38. The number of hydrogen-bond donors (Lipinski definition) is 1. The molecule has 1 fully saturated rings. The molecule has 0 aliphatic carbocycles. The molecule has 0 atom stereocenters. The van der Waals surface area contributed by atoms with Crippen molar-refractivity contribution in [3.8, 4) is 0 Å². The summed E-state index contributed by atoms with van der Waals surface area (Å²) in [5.41, 5.74) is 8.18. The molecule has 2 aromatic rings. The number of carbonyl (C=O) groups excluding carboxylic acids is 2. The van der Waals surface area contributed by atoms with Crippen LogP contribution in [0.2, 0.25) is 0 Å². The molecule has 1 aliphatic rings. The summed E-state index contributed by atoms with van der Waals surface area (Å²) in [5.74, 6) is -0.00117. The van der Waals surface area contributed by atoms with Crippen molar-refractivity contribution in [2.24, 2.45) is 0 Å². The lowest BCUT2D eigenvalue weighted by atomic mass is 10.1. The van der Waals surface area contributed by atoms with Gasteiger partial charge in [0.05, 0.1) is 6.42 Å². The Balaban J connectivity index is 1.59. The summed E-state index contributed by atoms with van der Waals surface area (Å²) < 4.78 is 0. The minimum absolute atomic E-state index is 0.109. The largest absolute Gasteiger partial charge is 0.375 e. The maximum absolute atomic E-state index is 12.6. The van der Waals surface area contributed by atoms with Gasteiger partial charge in [-0.1, -0.05) is 29.8 Å². The first-order valence-corrected chi connectivity index (χ1v) is 9.24. The smallest absolute Gasteiger partial charge is 0.273 e. The second kappa shape index (κ2) is 7.65. The number of thiazole rings is 1. The van der Waals surface area contributed by atoms with Gasteiger partial charge in [0, 0.05) is 31.6 Å². The number of aryl methyl sites for hydroxylation is 1. The number of rotatable bonds is 3. The van der Waals surface area contributed by atoms with E-state index in [1.807, 2.05) is 36.1 Å². The maximum Gasteiger partial charge on any atom is 0.273 e. The fourth-order valence-corrected chi connectivity index (χ4v) is 3.56. The minimum Gasteiger partial charge on any atom is -0.375 e. The predicted molar refractivity (Wildman–Crippen MR) is 98.5 cm³/mol. The van der Waals surface area contributed by atoms with Gasteiger partial charge in [-0.05, 0) is 18.9 Å². The maximum atomic E-state index is 12.6. The van der Waals surface area contributed by atoms with Crippen molar-refractivity contribution in [1.29, 1.82) is 0 Å². The molecule has 2 heterocycles. The molecule has 3 rings (SSSR count). The first-order valence-electron chi connectivity index (χ1n) is 8.36. The highest BCUT2D eigenvalue weighted by Gasteiger charge is 2.24. The molecular weight excluding hydrogens is 336 g/mol. The molecule has 1 aliphatic heterocycles. The van der Waals surface area contributed by atoms with Gasteiger partial charge in [-0.2, -0.15) is 0 Å². The molecule has 0 radical (unpaired) electrons. The van der Waals surface area contributed by atoms with Crippen LogP contribution in [0.1, 0.15) is 28.0 Å². The fraction of sp³-hybridized carbons (Fsp3) is 0.389. The molecule has 0 saturated carbocycles. The lowest BCUT2D eigenvalue weighted by Gasteiger charge is -2.22. The standard InChI is InChI=1S/C18H22N4O2S/c1-13-4-2-5-14(10-13)11-16(23)21-6-3-7-22(9-8-21)17(24)15-12-25-18(19)20-15/h2,4-5,10,12H,3,6-9,11H2,1H3,(H2,19,20). The van der Waals surface area contributed by atoms with Crippen molar-refractivity contribution < 1.29 is 9.59 Å². The number of anilines is 1. The third kappa shape index (κ3) is 4.36. The Morgan fingerprint density at radius 2 is 1.96 bits per heavy atom. The zero-order valence-corrected chi connectivity index (χ0v) is 15.1. The number of benzene rings is 1. The predicted octanol–water partition coefficient (Wildman–Crippen LogP) is 1.95. The van der Waals surface area contributed by atoms with Crippen LogP contribution in [0.25, 0.3) is 0 Å². The van der Waals surface area contributed by atoms with Gasteiger partial charge in [0.1, 0.15) is 5.69 Å². The zero-order chi connectivity index (χ0) is 17.8. The van der Waals surface area contributed by atoms with Crippen molar-refractivity contribution in [3.05, 3.63) is 46.5 Å². The van der Waals surface area contributed by atoms with Crippen LogP contribution in [0.15, 0.2) is 29.6 Å². The van der Waals surface area contributed by atoms with Crippen LogP contribution >= 0.6 is 11.3 Å². The fourth-order valence-electron chi connectivity index (χ4n) is 3.03. The highest BCUT2D eigenvalue weighted by atomic mass is 32.1. The summed E-state index contributed by atoms with van der Waals surface area (Å²) in [6.07, 6.45) is 1.17. The summed E-state index contributed by atoms with van der Waals surface area (Å²) in [4.78, 5) is 32.7. The molecule has 1 saturated heterocycles. The summed E-state index contributed by atoms with van der Waals surface area (Å²) in [7, 11) is 0. The van der Waals surface area contributed by atoms with Gasteiger partial charge >= 0.3 is 0 Å². The number of nitrogens with zero attached hydrogens (tertiary/aromatic N) is 3. The average molecular weight is 358 g/mol. The van der Waals surface area contributed by atoms with Gasteiger partial charge in [0.2, 0.25) is 5.91 Å². The summed E-state index contributed by atoms with van der Waals surface area (Å²) in [6.45, 7) is 4.40. The van der Waals surface area contributed by atoms with Gasteiger partial charge in [0.15, 0.2) is 5.13 Å². The molecular formula is C18H22N4O2S. The summed E-state index contributed by atoms with van der Waals surface area (Å²) in [6, 6.07) is 8.01. The van der Waals surface area contributed by atoms with E-state index >= 15 is 0 Å². The van der Waals surface area contributed by atoms with E-state index in [9.17, 15) is 9.59 Å². The Morgan fingerprint density at radius 1 is 1.20 bits per heavy atom. The minimum atomic E-state index is -0.110. The van der Waals surface area contributed by atoms with E-state index in [-0.39, 0.29) is 11.8 Å². The van der Waals surface area contributed by atoms with Crippen LogP contribution in [-0.2, 0) is 11.2 Å². The molecule has 6 nitrogen and oxygen atoms in total. The Labute approximate surface area is 151 Å². The zero-order valence-electron chi connectivity index (χ0n) is 14.3. The number of amides is 2. The van der Waals surface area contributed by atoms with E-state index < -0.39 is 0 Å². The Bertz CT molecular complexity index is 774. The van der Waals surface area contributed by atoms with Crippen molar-refractivity contribution in [2.45, 2.75) is 19.8 Å². The molecule has 2 N–H and O–H groups in total. The second-order valence-corrected chi connectivity index (χ2v) is 7.15. The normalized spacial score (nSPS) is 15.1. The number of carbonyl (C=O) groups is 2. The van der Waals surface area contributed by atoms with E-state index in [1.54, 1.807) is 10.3 Å². The Kier molecular flexibility index (Phi) is 5.33. The van der Waals surface area contributed by atoms with Crippen molar-refractivity contribution >= 4 is 28.3 Å². The molecule has 0 unspecified atom stereocenters. The van der Waals surface area contributed by atoms with Gasteiger partial charge in [-0.3, -0.25) is 9.59 Å². The van der Waals surface area contributed by atoms with Crippen LogP contribution in [0.5, 0.6) is 0 Å². The van der Waals surface area contributed by atoms with Crippen molar-refractivity contribution in [2.75, 3.05) is 31.9 Å². The molecule has 1 aromatic heterocycles. The summed E-state index contributed by atoms with van der Waals surface area (Å²) >= 11 is 1.26. The molecule has 0 spiro atoms. The summed E-state index contributed by atoms with van der Waals surface area (Å²) in [5, 5.41) is 2.08. The quantitative estimate of drug-likeness (QED) is 0.909. The highest BCUT2D eigenvalue weighted by Crippen LogP contribution is 2.15. The van der Waals surface area contributed by atoms with Crippen LogP contribution in [0, 0.1) is 6.92 Å². The SMILES string of the molecule is Cc1cccc(CC(=O)N2CCCN(C(=O)c3csc(N)n3)CC2)c1. The van der Waals surface area contributed by atoms with Gasteiger partial charge in [-0.15, -0.1) is 11.3 Å². The topological polar surface area (TPSA) is 79.5 Å². The number of aromatic nitrogens is 1. The molecule has 0 bridgehead atoms. The average Bonchev–Trinajstić information content (AvgIpc) is 2.87. The van der Waals surface area contributed by atoms with E-state index in [4.69, 9.17) is 5.73 Å². The first kappa shape index (κ1) is 17.4. The molecule has 1 aromatic carbocycles. The Hall–Kier alpha value is -2.41. The van der Waals surface area contributed by atoms with Crippen LogP contribution in [0.4, 0.5) is 5.13 Å². The molecule has 2 amide bonds. The van der Waals surface area contributed by atoms with Crippen molar-refractivity contribution in [3.63, 3.8) is 0 Å². The first-order chi connectivity index (χ1) is 12.0. The van der Waals surface area contributed by atoms with Crippen LogP contribution < -0.4 is 5.73 Å².